The van der Waals surface area contributed by atoms with Gasteiger partial charge >= 0.3 is 0 Å². The van der Waals surface area contributed by atoms with Gasteiger partial charge in [0.05, 0.1) is 16.4 Å². The van der Waals surface area contributed by atoms with Crippen molar-refractivity contribution in [2.75, 3.05) is 6.54 Å². The van der Waals surface area contributed by atoms with E-state index in [1.54, 1.807) is 17.5 Å². The predicted octanol–water partition coefficient (Wildman–Crippen LogP) is 3.54. The summed E-state index contributed by atoms with van der Waals surface area (Å²) < 4.78 is 0. The lowest BCUT2D eigenvalue weighted by Crippen LogP contribution is -2.16. The molecular weight excluding hydrogens is 278 g/mol. The van der Waals surface area contributed by atoms with Crippen LogP contribution in [0.2, 0.25) is 0 Å². The zero-order valence-electron chi connectivity index (χ0n) is 11.7. The molecule has 3 rings (SSSR count). The monoisotopic (exact) mass is 295 g/mol. The molecule has 2 heterocycles. The van der Waals surface area contributed by atoms with E-state index in [1.165, 1.54) is 5.56 Å². The number of hydrogen-bond donors (Lipinski definition) is 1. The summed E-state index contributed by atoms with van der Waals surface area (Å²) in [5.41, 5.74) is 3.22. The molecule has 0 bridgehead atoms. The average molecular weight is 295 g/mol. The van der Waals surface area contributed by atoms with Gasteiger partial charge in [0.25, 0.3) is 0 Å². The van der Waals surface area contributed by atoms with Gasteiger partial charge in [0.1, 0.15) is 0 Å². The topological polar surface area (TPSA) is 37.8 Å². The van der Waals surface area contributed by atoms with Crippen molar-refractivity contribution < 1.29 is 0 Å². The third-order valence-corrected chi connectivity index (χ3v) is 4.08. The average Bonchev–Trinajstić information content (AvgIpc) is 3.02. The molecule has 0 aliphatic carbocycles. The molecule has 0 spiro atoms. The van der Waals surface area contributed by atoms with E-state index >= 15 is 0 Å². The van der Waals surface area contributed by atoms with Gasteiger partial charge in [-0.1, -0.05) is 36.4 Å². The van der Waals surface area contributed by atoms with E-state index in [1.807, 2.05) is 24.3 Å². The predicted molar refractivity (Wildman–Crippen MR) is 87.2 cm³/mol. The second-order valence-corrected chi connectivity index (χ2v) is 5.70. The Kier molecular flexibility index (Phi) is 4.71. The fourth-order valence-corrected chi connectivity index (χ4v) is 2.87. The largest absolute Gasteiger partial charge is 0.312 e. The van der Waals surface area contributed by atoms with Crippen LogP contribution < -0.4 is 5.32 Å². The van der Waals surface area contributed by atoms with E-state index in [9.17, 15) is 0 Å². The molecule has 1 N–H and O–H groups in total. The fourth-order valence-electron chi connectivity index (χ4n) is 2.08. The van der Waals surface area contributed by atoms with Crippen molar-refractivity contribution in [3.63, 3.8) is 0 Å². The van der Waals surface area contributed by atoms with E-state index in [0.717, 1.165) is 35.9 Å². The second-order valence-electron chi connectivity index (χ2n) is 4.75. The molecule has 0 amide bonds. The molecule has 0 saturated heterocycles. The number of hydrogen-bond acceptors (Lipinski definition) is 4. The van der Waals surface area contributed by atoms with Crippen LogP contribution in [0.4, 0.5) is 0 Å². The van der Waals surface area contributed by atoms with Gasteiger partial charge < -0.3 is 5.32 Å². The summed E-state index contributed by atoms with van der Waals surface area (Å²) in [6.45, 7) is 1.84. The van der Waals surface area contributed by atoms with E-state index in [4.69, 9.17) is 0 Å². The summed E-state index contributed by atoms with van der Waals surface area (Å²) in [5.74, 6) is 0. The number of rotatable bonds is 6. The first-order chi connectivity index (χ1) is 10.4. The minimum Gasteiger partial charge on any atom is -0.312 e. The van der Waals surface area contributed by atoms with Gasteiger partial charge in [-0.3, -0.25) is 4.98 Å². The first-order valence-electron chi connectivity index (χ1n) is 7.02. The Morgan fingerprint density at radius 2 is 1.81 bits per heavy atom. The highest BCUT2D eigenvalue weighted by Crippen LogP contribution is 2.19. The molecule has 3 nitrogen and oxygen atoms in total. The minimum atomic E-state index is 0.902. The van der Waals surface area contributed by atoms with Gasteiger partial charge in [0.15, 0.2) is 0 Å². The molecule has 0 radical (unpaired) electrons. The van der Waals surface area contributed by atoms with Crippen LogP contribution in [0.5, 0.6) is 0 Å². The third-order valence-electron chi connectivity index (χ3n) is 3.17. The molecule has 3 aromatic rings. The van der Waals surface area contributed by atoms with Crippen molar-refractivity contribution in [2.24, 2.45) is 0 Å². The van der Waals surface area contributed by atoms with Gasteiger partial charge in [0.2, 0.25) is 0 Å². The molecule has 0 unspecified atom stereocenters. The summed E-state index contributed by atoms with van der Waals surface area (Å²) in [6, 6.07) is 16.3. The summed E-state index contributed by atoms with van der Waals surface area (Å²) in [4.78, 5) is 8.97. The highest BCUT2D eigenvalue weighted by Gasteiger charge is 2.04. The van der Waals surface area contributed by atoms with Crippen LogP contribution in [-0.4, -0.2) is 16.5 Å². The highest BCUT2D eigenvalue weighted by atomic mass is 32.1. The van der Waals surface area contributed by atoms with Crippen LogP contribution in [0.1, 0.15) is 10.6 Å². The first-order valence-corrected chi connectivity index (χ1v) is 7.90. The Balaban J connectivity index is 1.49. The van der Waals surface area contributed by atoms with E-state index < -0.39 is 0 Å². The lowest BCUT2D eigenvalue weighted by molar-refractivity contribution is 0.685. The number of nitrogens with one attached hydrogen (secondary N) is 1. The molecule has 21 heavy (non-hydrogen) atoms. The van der Waals surface area contributed by atoms with Crippen LogP contribution in [0.15, 0.2) is 60.1 Å². The van der Waals surface area contributed by atoms with Crippen molar-refractivity contribution in [3.05, 3.63) is 70.7 Å². The summed E-state index contributed by atoms with van der Waals surface area (Å²) in [6.07, 6.45) is 2.75. The Morgan fingerprint density at radius 1 is 0.952 bits per heavy atom. The van der Waals surface area contributed by atoms with Gasteiger partial charge in [-0.2, -0.15) is 0 Å². The van der Waals surface area contributed by atoms with Crippen LogP contribution >= 0.6 is 11.3 Å². The number of aromatic nitrogens is 2. The zero-order valence-corrected chi connectivity index (χ0v) is 12.5. The van der Waals surface area contributed by atoms with E-state index in [0.29, 0.717) is 0 Å². The molecule has 0 atom stereocenters. The van der Waals surface area contributed by atoms with Crippen molar-refractivity contribution in [1.29, 1.82) is 0 Å². The minimum absolute atomic E-state index is 0.902. The molecule has 2 aromatic heterocycles. The molecular formula is C17H17N3S. The van der Waals surface area contributed by atoms with Crippen LogP contribution in [0.25, 0.3) is 11.4 Å². The molecule has 0 aliphatic heterocycles. The molecule has 0 fully saturated rings. The molecule has 1 aromatic carbocycles. The normalized spacial score (nSPS) is 10.7. The molecule has 4 heteroatoms. The summed E-state index contributed by atoms with van der Waals surface area (Å²) >= 11 is 1.70. The third kappa shape index (κ3) is 3.97. The highest BCUT2D eigenvalue weighted by molar-refractivity contribution is 7.09. The summed E-state index contributed by atoms with van der Waals surface area (Å²) in [5, 5.41) is 6.68. The number of benzene rings is 1. The van der Waals surface area contributed by atoms with Gasteiger partial charge in [-0.25, -0.2) is 4.98 Å². The van der Waals surface area contributed by atoms with Crippen molar-refractivity contribution >= 4 is 11.3 Å². The van der Waals surface area contributed by atoms with Gasteiger partial charge in [-0.15, -0.1) is 11.3 Å². The number of nitrogens with zero attached hydrogens (tertiary/aromatic N) is 2. The number of thiazole rings is 1. The first kappa shape index (κ1) is 13.9. The Hall–Kier alpha value is -2.04. The fraction of sp³-hybridized carbons (Fsp3) is 0.176. The zero-order chi connectivity index (χ0) is 14.3. The SMILES string of the molecule is c1ccc(CNCCc2nc(-c3ccccn3)cs2)cc1. The van der Waals surface area contributed by atoms with E-state index in [-0.39, 0.29) is 0 Å². The van der Waals surface area contributed by atoms with Crippen LogP contribution in [0.3, 0.4) is 0 Å². The van der Waals surface area contributed by atoms with Gasteiger partial charge in [0, 0.05) is 31.1 Å². The number of pyridine rings is 1. The molecule has 106 valence electrons. The van der Waals surface area contributed by atoms with Crippen molar-refractivity contribution in [2.45, 2.75) is 13.0 Å². The molecule has 0 aliphatic rings. The lowest BCUT2D eigenvalue weighted by Gasteiger charge is -2.03. The quantitative estimate of drug-likeness (QED) is 0.707. The Bertz CT molecular complexity index is 665. The maximum atomic E-state index is 4.64. The summed E-state index contributed by atoms with van der Waals surface area (Å²) in [7, 11) is 0. The maximum Gasteiger partial charge on any atom is 0.0998 e. The maximum absolute atomic E-state index is 4.64. The standard InChI is InChI=1S/C17H17N3S/c1-2-6-14(7-3-1)12-18-11-9-17-20-16(13-21-17)15-8-4-5-10-19-15/h1-8,10,13,18H,9,11-12H2. The Labute approximate surface area is 128 Å². The van der Waals surface area contributed by atoms with Crippen molar-refractivity contribution in [3.8, 4) is 11.4 Å². The lowest BCUT2D eigenvalue weighted by atomic mass is 10.2. The van der Waals surface area contributed by atoms with E-state index in [2.05, 4.69) is 44.9 Å². The van der Waals surface area contributed by atoms with Crippen LogP contribution in [-0.2, 0) is 13.0 Å². The molecule has 0 saturated carbocycles. The Morgan fingerprint density at radius 3 is 2.62 bits per heavy atom. The van der Waals surface area contributed by atoms with Crippen molar-refractivity contribution in [1.82, 2.24) is 15.3 Å². The van der Waals surface area contributed by atoms with Gasteiger partial charge in [-0.05, 0) is 17.7 Å². The second kappa shape index (κ2) is 7.11. The smallest absolute Gasteiger partial charge is 0.0998 e. The van der Waals surface area contributed by atoms with Crippen LogP contribution in [0, 0.1) is 0 Å².